The number of benzene rings is 3. The zero-order valence-corrected chi connectivity index (χ0v) is 18.9. The normalized spacial score (nSPS) is 12.6. The van der Waals surface area contributed by atoms with E-state index in [-0.39, 0.29) is 23.9 Å². The van der Waals surface area contributed by atoms with Gasteiger partial charge in [-0.1, -0.05) is 60.7 Å². The molecule has 0 heterocycles. The first-order valence-electron chi connectivity index (χ1n) is 11.3. The summed E-state index contributed by atoms with van der Waals surface area (Å²) < 4.78 is 0. The second-order valence-corrected chi connectivity index (χ2v) is 8.37. The minimum atomic E-state index is -0.117. The van der Waals surface area contributed by atoms with Gasteiger partial charge in [0.05, 0.1) is 0 Å². The van der Waals surface area contributed by atoms with Gasteiger partial charge in [-0.15, -0.1) is 0 Å². The molecule has 0 aromatic heterocycles. The van der Waals surface area contributed by atoms with Crippen LogP contribution in [-0.4, -0.2) is 23.9 Å². The summed E-state index contributed by atoms with van der Waals surface area (Å²) in [6, 6.07) is 27.5. The van der Waals surface area contributed by atoms with Crippen LogP contribution in [0, 0.1) is 0 Å². The largest absolute Gasteiger partial charge is 0.350 e. The molecule has 0 aliphatic rings. The molecule has 3 aromatic carbocycles. The van der Waals surface area contributed by atoms with Gasteiger partial charge in [0.25, 0.3) is 11.8 Å². The van der Waals surface area contributed by atoms with Crippen molar-refractivity contribution >= 4 is 11.8 Å². The quantitative estimate of drug-likeness (QED) is 0.467. The van der Waals surface area contributed by atoms with Crippen molar-refractivity contribution in [2.45, 2.75) is 51.6 Å². The number of amides is 2. The molecule has 4 heteroatoms. The van der Waals surface area contributed by atoms with E-state index in [0.717, 1.165) is 25.7 Å². The number of carbonyl (C=O) groups excluding carboxylic acids is 2. The molecule has 0 saturated heterocycles. The SMILES string of the molecule is C[C@H](CCc1ccccc1)NC(=O)c1ccc(C(=O)N[C@H](C)CCc2ccccc2)cc1. The first kappa shape index (κ1) is 23.3. The third kappa shape index (κ3) is 7.38. The van der Waals surface area contributed by atoms with Crippen molar-refractivity contribution in [1.82, 2.24) is 10.6 Å². The highest BCUT2D eigenvalue weighted by Gasteiger charge is 2.13. The molecule has 3 rings (SSSR count). The van der Waals surface area contributed by atoms with E-state index in [4.69, 9.17) is 0 Å². The fraction of sp³-hybridized carbons (Fsp3) is 0.286. The number of hydrogen-bond donors (Lipinski definition) is 2. The van der Waals surface area contributed by atoms with Crippen molar-refractivity contribution < 1.29 is 9.59 Å². The summed E-state index contributed by atoms with van der Waals surface area (Å²) in [6.45, 7) is 4.03. The van der Waals surface area contributed by atoms with Gasteiger partial charge in [0.1, 0.15) is 0 Å². The van der Waals surface area contributed by atoms with Gasteiger partial charge in [0.2, 0.25) is 0 Å². The Morgan fingerprint density at radius 2 is 0.938 bits per heavy atom. The van der Waals surface area contributed by atoms with Crippen LogP contribution in [0.2, 0.25) is 0 Å². The second-order valence-electron chi connectivity index (χ2n) is 8.37. The molecule has 4 nitrogen and oxygen atoms in total. The van der Waals surface area contributed by atoms with Crippen LogP contribution in [0.25, 0.3) is 0 Å². The van der Waals surface area contributed by atoms with Crippen molar-refractivity contribution in [2.24, 2.45) is 0 Å². The zero-order chi connectivity index (χ0) is 22.8. The van der Waals surface area contributed by atoms with Crippen molar-refractivity contribution in [3.8, 4) is 0 Å². The van der Waals surface area contributed by atoms with E-state index in [9.17, 15) is 9.59 Å². The highest BCUT2D eigenvalue weighted by Crippen LogP contribution is 2.09. The molecule has 0 aliphatic carbocycles. The van der Waals surface area contributed by atoms with E-state index in [1.807, 2.05) is 50.2 Å². The van der Waals surface area contributed by atoms with Gasteiger partial charge in [0.15, 0.2) is 0 Å². The van der Waals surface area contributed by atoms with Gasteiger partial charge in [-0.2, -0.15) is 0 Å². The summed E-state index contributed by atoms with van der Waals surface area (Å²) in [7, 11) is 0. The van der Waals surface area contributed by atoms with E-state index in [2.05, 4.69) is 34.9 Å². The number of rotatable bonds is 10. The molecule has 32 heavy (non-hydrogen) atoms. The third-order valence-corrected chi connectivity index (χ3v) is 5.58. The number of nitrogens with one attached hydrogen (secondary N) is 2. The Balaban J connectivity index is 1.44. The summed E-state index contributed by atoms with van der Waals surface area (Å²) in [5.74, 6) is -0.234. The first-order chi connectivity index (χ1) is 15.5. The van der Waals surface area contributed by atoms with Crippen molar-refractivity contribution in [3.05, 3.63) is 107 Å². The van der Waals surface area contributed by atoms with Crippen LogP contribution in [0.1, 0.15) is 58.5 Å². The first-order valence-corrected chi connectivity index (χ1v) is 11.3. The summed E-state index contributed by atoms with van der Waals surface area (Å²) in [4.78, 5) is 25.1. The molecule has 3 aromatic rings. The second kappa shape index (κ2) is 11.8. The van der Waals surface area contributed by atoms with E-state index in [0.29, 0.717) is 11.1 Å². The summed E-state index contributed by atoms with van der Waals surface area (Å²) in [5, 5.41) is 6.08. The highest BCUT2D eigenvalue weighted by atomic mass is 16.2. The lowest BCUT2D eigenvalue weighted by Gasteiger charge is -2.15. The Bertz CT molecular complexity index is 902. The smallest absolute Gasteiger partial charge is 0.251 e. The summed E-state index contributed by atoms with van der Waals surface area (Å²) >= 11 is 0. The molecule has 0 aliphatic heterocycles. The molecule has 0 radical (unpaired) electrons. The third-order valence-electron chi connectivity index (χ3n) is 5.58. The maximum atomic E-state index is 12.5. The van der Waals surface area contributed by atoms with Crippen molar-refractivity contribution in [2.75, 3.05) is 0 Å². The van der Waals surface area contributed by atoms with Crippen LogP contribution in [0.3, 0.4) is 0 Å². The molecular formula is C28H32N2O2. The Labute approximate surface area is 191 Å². The Kier molecular flexibility index (Phi) is 8.61. The van der Waals surface area contributed by atoms with E-state index in [1.165, 1.54) is 11.1 Å². The summed E-state index contributed by atoms with van der Waals surface area (Å²) in [5.41, 5.74) is 3.65. The standard InChI is InChI=1S/C28H32N2O2/c1-21(13-15-23-9-5-3-6-10-23)29-27(31)25-17-19-26(20-18-25)28(32)30-22(2)14-16-24-11-7-4-8-12-24/h3-12,17-22H,13-16H2,1-2H3,(H,29,31)(H,30,32)/t21-,22-/m1/s1. The summed E-state index contributed by atoms with van der Waals surface area (Å²) in [6.07, 6.45) is 3.59. The number of aryl methyl sites for hydroxylation is 2. The minimum Gasteiger partial charge on any atom is -0.350 e. The van der Waals surface area contributed by atoms with E-state index < -0.39 is 0 Å². The monoisotopic (exact) mass is 428 g/mol. The molecule has 166 valence electrons. The van der Waals surface area contributed by atoms with Gasteiger partial charge in [-0.25, -0.2) is 0 Å². The van der Waals surface area contributed by atoms with Gasteiger partial charge < -0.3 is 10.6 Å². The lowest BCUT2D eigenvalue weighted by atomic mass is 10.0. The van der Waals surface area contributed by atoms with Crippen LogP contribution in [0.15, 0.2) is 84.9 Å². The van der Waals surface area contributed by atoms with Crippen LogP contribution in [0.4, 0.5) is 0 Å². The van der Waals surface area contributed by atoms with Gasteiger partial charge in [-0.3, -0.25) is 9.59 Å². The highest BCUT2D eigenvalue weighted by molar-refractivity contribution is 5.98. The average Bonchev–Trinajstić information content (AvgIpc) is 2.83. The predicted molar refractivity (Wildman–Crippen MR) is 130 cm³/mol. The molecule has 0 unspecified atom stereocenters. The van der Waals surface area contributed by atoms with E-state index >= 15 is 0 Å². The van der Waals surface area contributed by atoms with Crippen LogP contribution in [-0.2, 0) is 12.8 Å². The molecule has 2 atom stereocenters. The van der Waals surface area contributed by atoms with Crippen molar-refractivity contribution in [1.29, 1.82) is 0 Å². The lowest BCUT2D eigenvalue weighted by Crippen LogP contribution is -2.33. The van der Waals surface area contributed by atoms with Crippen LogP contribution in [0.5, 0.6) is 0 Å². The fourth-order valence-corrected chi connectivity index (χ4v) is 3.59. The molecule has 0 saturated carbocycles. The Morgan fingerprint density at radius 1 is 0.594 bits per heavy atom. The minimum absolute atomic E-state index is 0.0659. The average molecular weight is 429 g/mol. The number of hydrogen-bond acceptors (Lipinski definition) is 2. The molecule has 0 bridgehead atoms. The molecule has 2 amide bonds. The maximum Gasteiger partial charge on any atom is 0.251 e. The van der Waals surface area contributed by atoms with Gasteiger partial charge in [-0.05, 0) is 74.9 Å². The molecule has 0 spiro atoms. The number of carbonyl (C=O) groups is 2. The Hall–Kier alpha value is -3.40. The topological polar surface area (TPSA) is 58.2 Å². The van der Waals surface area contributed by atoms with E-state index in [1.54, 1.807) is 24.3 Å². The van der Waals surface area contributed by atoms with Crippen LogP contribution < -0.4 is 10.6 Å². The maximum absolute atomic E-state index is 12.5. The fourth-order valence-electron chi connectivity index (χ4n) is 3.59. The molecule has 0 fully saturated rings. The van der Waals surface area contributed by atoms with Crippen molar-refractivity contribution in [3.63, 3.8) is 0 Å². The van der Waals surface area contributed by atoms with Gasteiger partial charge in [0, 0.05) is 23.2 Å². The van der Waals surface area contributed by atoms with Crippen LogP contribution >= 0.6 is 0 Å². The predicted octanol–water partition coefficient (Wildman–Crippen LogP) is 5.19. The Morgan fingerprint density at radius 3 is 1.28 bits per heavy atom. The van der Waals surface area contributed by atoms with Gasteiger partial charge >= 0.3 is 0 Å². The molecule has 2 N–H and O–H groups in total. The lowest BCUT2D eigenvalue weighted by molar-refractivity contribution is 0.0926. The zero-order valence-electron chi connectivity index (χ0n) is 18.9. The molecular weight excluding hydrogens is 396 g/mol.